The molecule has 0 unspecified atom stereocenters. The van der Waals surface area contributed by atoms with Crippen molar-refractivity contribution in [3.63, 3.8) is 0 Å². The fourth-order valence-electron chi connectivity index (χ4n) is 4.60. The highest BCUT2D eigenvalue weighted by molar-refractivity contribution is 7.92. The van der Waals surface area contributed by atoms with E-state index in [9.17, 15) is 13.2 Å². The molecule has 196 valence electrons. The number of hydrogen-bond acceptors (Lipinski definition) is 5. The minimum absolute atomic E-state index is 0.186. The molecule has 7 nitrogen and oxygen atoms in total. The van der Waals surface area contributed by atoms with Crippen molar-refractivity contribution in [2.45, 2.75) is 39.3 Å². The number of amides is 1. The first-order chi connectivity index (χ1) is 17.6. The van der Waals surface area contributed by atoms with Crippen molar-refractivity contribution in [2.75, 3.05) is 36.0 Å². The number of anilines is 2. The van der Waals surface area contributed by atoms with Gasteiger partial charge in [-0.1, -0.05) is 30.3 Å². The van der Waals surface area contributed by atoms with Gasteiger partial charge in [-0.3, -0.25) is 9.10 Å². The molecule has 0 atom stereocenters. The molecule has 0 spiro atoms. The highest BCUT2D eigenvalue weighted by Crippen LogP contribution is 2.28. The number of aryl methyl sites for hydroxylation is 2. The fourth-order valence-corrected chi connectivity index (χ4v) is 5.61. The minimum Gasteiger partial charge on any atom is -0.490 e. The van der Waals surface area contributed by atoms with Crippen LogP contribution in [-0.4, -0.2) is 51.7 Å². The lowest BCUT2D eigenvalue weighted by atomic mass is 10.1. The number of sulfonamides is 1. The monoisotopic (exact) mass is 521 g/mol. The van der Waals surface area contributed by atoms with Crippen LogP contribution in [0.3, 0.4) is 0 Å². The molecule has 1 saturated heterocycles. The summed E-state index contributed by atoms with van der Waals surface area (Å²) < 4.78 is 32.7. The summed E-state index contributed by atoms with van der Waals surface area (Å²) in [5, 5.41) is 2.91. The van der Waals surface area contributed by atoms with Crippen LogP contribution in [0, 0.1) is 13.8 Å². The third-order valence-electron chi connectivity index (χ3n) is 6.71. The molecule has 1 amide bonds. The zero-order valence-electron chi connectivity index (χ0n) is 21.9. The maximum absolute atomic E-state index is 12.8. The summed E-state index contributed by atoms with van der Waals surface area (Å²) >= 11 is 0. The van der Waals surface area contributed by atoms with Crippen molar-refractivity contribution in [1.29, 1.82) is 0 Å². The Morgan fingerprint density at radius 1 is 0.973 bits per heavy atom. The maximum atomic E-state index is 12.8. The van der Waals surface area contributed by atoms with E-state index in [0.717, 1.165) is 48.4 Å². The Morgan fingerprint density at radius 2 is 1.57 bits per heavy atom. The summed E-state index contributed by atoms with van der Waals surface area (Å²) in [6.45, 7) is 6.07. The van der Waals surface area contributed by atoms with E-state index in [1.807, 2.05) is 56.3 Å². The summed E-state index contributed by atoms with van der Waals surface area (Å²) in [7, 11) is -1.38. The van der Waals surface area contributed by atoms with Crippen molar-refractivity contribution >= 4 is 27.3 Å². The second-order valence-corrected chi connectivity index (χ2v) is 11.7. The number of nitrogens with one attached hydrogen (secondary N) is 1. The van der Waals surface area contributed by atoms with Gasteiger partial charge >= 0.3 is 0 Å². The topological polar surface area (TPSA) is 79.0 Å². The molecule has 4 rings (SSSR count). The van der Waals surface area contributed by atoms with E-state index in [1.54, 1.807) is 24.3 Å². The highest BCUT2D eigenvalue weighted by atomic mass is 32.2. The van der Waals surface area contributed by atoms with E-state index in [-0.39, 0.29) is 18.6 Å². The molecule has 0 aliphatic carbocycles. The lowest BCUT2D eigenvalue weighted by Crippen LogP contribution is -2.35. The average Bonchev–Trinajstić information content (AvgIpc) is 2.85. The van der Waals surface area contributed by atoms with Gasteiger partial charge in [-0.2, -0.15) is 0 Å². The largest absolute Gasteiger partial charge is 0.490 e. The van der Waals surface area contributed by atoms with Crippen LogP contribution in [-0.2, 0) is 16.6 Å². The van der Waals surface area contributed by atoms with E-state index < -0.39 is 10.0 Å². The van der Waals surface area contributed by atoms with Crippen molar-refractivity contribution in [2.24, 2.45) is 0 Å². The van der Waals surface area contributed by atoms with Gasteiger partial charge in [0.1, 0.15) is 11.9 Å². The SMILES string of the molecule is Cc1cccc(C)c1N(Cc1ccc(C(=O)Nc2ccc(OC3CCN(C)CC3)cc2)cc1)S(C)(=O)=O. The molecule has 3 aromatic rings. The summed E-state index contributed by atoms with van der Waals surface area (Å²) in [6, 6.07) is 20.2. The lowest BCUT2D eigenvalue weighted by molar-refractivity contribution is 0.102. The van der Waals surface area contributed by atoms with Gasteiger partial charge in [-0.25, -0.2) is 8.42 Å². The molecule has 3 aromatic carbocycles. The van der Waals surface area contributed by atoms with Gasteiger partial charge in [-0.05, 0) is 86.8 Å². The number of rotatable bonds is 8. The minimum atomic E-state index is -3.50. The van der Waals surface area contributed by atoms with Crippen molar-refractivity contribution < 1.29 is 17.9 Å². The normalized spacial score (nSPS) is 14.8. The molecule has 1 aliphatic rings. The summed E-state index contributed by atoms with van der Waals surface area (Å²) in [6.07, 6.45) is 3.46. The first kappa shape index (κ1) is 26.7. The predicted molar refractivity (Wildman–Crippen MR) is 149 cm³/mol. The molecular weight excluding hydrogens is 486 g/mol. The van der Waals surface area contributed by atoms with Crippen molar-refractivity contribution in [3.05, 3.63) is 89.0 Å². The van der Waals surface area contributed by atoms with Crippen LogP contribution in [0.4, 0.5) is 11.4 Å². The van der Waals surface area contributed by atoms with Gasteiger partial charge in [0.15, 0.2) is 0 Å². The van der Waals surface area contributed by atoms with Crippen LogP contribution in [0.5, 0.6) is 5.75 Å². The van der Waals surface area contributed by atoms with E-state index in [4.69, 9.17) is 4.74 Å². The summed E-state index contributed by atoms with van der Waals surface area (Å²) in [5.41, 5.74) is 4.44. The van der Waals surface area contributed by atoms with Crippen LogP contribution >= 0.6 is 0 Å². The van der Waals surface area contributed by atoms with E-state index in [0.29, 0.717) is 16.9 Å². The number of hydrogen-bond donors (Lipinski definition) is 1. The Morgan fingerprint density at radius 3 is 2.14 bits per heavy atom. The Labute approximate surface area is 220 Å². The molecule has 1 N–H and O–H groups in total. The molecule has 1 aliphatic heterocycles. The van der Waals surface area contributed by atoms with Crippen molar-refractivity contribution in [3.8, 4) is 5.75 Å². The molecule has 0 saturated carbocycles. The van der Waals surface area contributed by atoms with Gasteiger partial charge in [0, 0.05) is 24.3 Å². The highest BCUT2D eigenvalue weighted by Gasteiger charge is 2.22. The quantitative estimate of drug-likeness (QED) is 0.452. The van der Waals surface area contributed by atoms with Crippen LogP contribution in [0.15, 0.2) is 66.7 Å². The number of carbonyl (C=O) groups excluding carboxylic acids is 1. The molecule has 0 aromatic heterocycles. The Bertz CT molecular complexity index is 1310. The van der Waals surface area contributed by atoms with Crippen LogP contribution in [0.25, 0.3) is 0 Å². The number of ether oxygens (including phenoxy) is 1. The summed E-state index contributed by atoms with van der Waals surface area (Å²) in [5.74, 6) is 0.571. The van der Waals surface area contributed by atoms with Crippen LogP contribution in [0.2, 0.25) is 0 Å². The Hall–Kier alpha value is -3.36. The lowest BCUT2D eigenvalue weighted by Gasteiger charge is -2.29. The number of likely N-dealkylation sites (tertiary alicyclic amines) is 1. The van der Waals surface area contributed by atoms with Gasteiger partial charge in [0.05, 0.1) is 18.5 Å². The molecule has 1 fully saturated rings. The van der Waals surface area contributed by atoms with E-state index >= 15 is 0 Å². The number of piperidine rings is 1. The maximum Gasteiger partial charge on any atom is 0.255 e. The van der Waals surface area contributed by atoms with Gasteiger partial charge in [0.2, 0.25) is 10.0 Å². The molecule has 8 heteroatoms. The van der Waals surface area contributed by atoms with E-state index in [1.165, 1.54) is 10.6 Å². The first-order valence-electron chi connectivity index (χ1n) is 12.5. The zero-order valence-corrected chi connectivity index (χ0v) is 22.7. The Balaban J connectivity index is 1.39. The first-order valence-corrected chi connectivity index (χ1v) is 14.3. The molecule has 37 heavy (non-hydrogen) atoms. The van der Waals surface area contributed by atoms with Gasteiger partial charge in [0.25, 0.3) is 5.91 Å². The fraction of sp³-hybridized carbons (Fsp3) is 0.345. The van der Waals surface area contributed by atoms with E-state index in [2.05, 4.69) is 17.3 Å². The average molecular weight is 522 g/mol. The zero-order chi connectivity index (χ0) is 26.6. The number of benzene rings is 3. The molecular formula is C29H35N3O4S. The smallest absolute Gasteiger partial charge is 0.255 e. The van der Waals surface area contributed by atoms with Crippen molar-refractivity contribution in [1.82, 2.24) is 4.90 Å². The predicted octanol–water partition coefficient (Wildman–Crippen LogP) is 4.99. The third-order valence-corrected chi connectivity index (χ3v) is 7.82. The molecule has 1 heterocycles. The number of carbonyl (C=O) groups is 1. The molecule has 0 bridgehead atoms. The van der Waals surface area contributed by atoms with Gasteiger partial charge in [-0.15, -0.1) is 0 Å². The number of nitrogens with zero attached hydrogens (tertiary/aromatic N) is 2. The second-order valence-electron chi connectivity index (χ2n) is 9.81. The second kappa shape index (κ2) is 11.4. The third kappa shape index (κ3) is 6.90. The standard InChI is InChI=1S/C29H35N3O4S/c1-21-6-5-7-22(2)28(21)32(37(4,34)35)20-23-8-10-24(11-9-23)29(33)30-25-12-14-26(15-13-25)36-27-16-18-31(3)19-17-27/h5-15,27H,16-20H2,1-4H3,(H,30,33). The van der Waals surface area contributed by atoms with Gasteiger partial charge < -0.3 is 15.0 Å². The van der Waals surface area contributed by atoms with Crippen LogP contribution < -0.4 is 14.4 Å². The molecule has 0 radical (unpaired) electrons. The Kier molecular flexibility index (Phi) is 8.19. The summed E-state index contributed by atoms with van der Waals surface area (Å²) in [4.78, 5) is 15.1. The number of para-hydroxylation sites is 1. The van der Waals surface area contributed by atoms with Crippen LogP contribution in [0.1, 0.15) is 39.9 Å².